The predicted octanol–water partition coefficient (Wildman–Crippen LogP) is 5.04. The zero-order valence-corrected chi connectivity index (χ0v) is 17.2. The molecule has 2 aromatic carbocycles. The van der Waals surface area contributed by atoms with Crippen LogP contribution in [-0.2, 0) is 10.0 Å². The minimum Gasteiger partial charge on any atom is -0.477 e. The van der Waals surface area contributed by atoms with Crippen LogP contribution in [0.15, 0.2) is 59.5 Å². The number of sulfonamides is 1. The Kier molecular flexibility index (Phi) is 6.39. The quantitative estimate of drug-likeness (QED) is 0.559. The van der Waals surface area contributed by atoms with Crippen molar-refractivity contribution in [3.05, 3.63) is 64.6 Å². The summed E-state index contributed by atoms with van der Waals surface area (Å²) in [6.07, 6.45) is 0.877. The highest BCUT2D eigenvalue weighted by atomic mass is 35.5. The van der Waals surface area contributed by atoms with Gasteiger partial charge in [-0.25, -0.2) is 8.42 Å². The maximum absolute atomic E-state index is 12.7. The average Bonchev–Trinajstić information content (AvgIpc) is 2.68. The van der Waals surface area contributed by atoms with Crippen LogP contribution in [0.5, 0.6) is 5.88 Å². The Morgan fingerprint density at radius 3 is 2.57 bits per heavy atom. The molecule has 0 bridgehead atoms. The minimum absolute atomic E-state index is 0.0848. The van der Waals surface area contributed by atoms with E-state index in [0.29, 0.717) is 29.4 Å². The summed E-state index contributed by atoms with van der Waals surface area (Å²) in [5.41, 5.74) is 1.65. The number of anilines is 1. The molecule has 0 spiro atoms. The van der Waals surface area contributed by atoms with Crippen LogP contribution < -0.4 is 9.46 Å². The molecule has 9 heteroatoms. The van der Waals surface area contributed by atoms with Gasteiger partial charge in [0.1, 0.15) is 4.90 Å². The van der Waals surface area contributed by atoms with E-state index in [1.807, 2.05) is 6.92 Å². The van der Waals surface area contributed by atoms with Gasteiger partial charge in [-0.2, -0.15) is 0 Å². The summed E-state index contributed by atoms with van der Waals surface area (Å²) in [5.74, 6) is 0.443. The molecule has 3 rings (SSSR count). The van der Waals surface area contributed by atoms with Gasteiger partial charge in [-0.05, 0) is 42.8 Å². The molecule has 0 saturated heterocycles. The molecule has 1 N–H and O–H groups in total. The fraction of sp³-hybridized carbons (Fsp3) is 0.158. The van der Waals surface area contributed by atoms with E-state index in [9.17, 15) is 8.42 Å². The number of halogens is 2. The van der Waals surface area contributed by atoms with E-state index in [0.717, 1.165) is 6.42 Å². The van der Waals surface area contributed by atoms with Crippen LogP contribution in [0, 0.1) is 0 Å². The summed E-state index contributed by atoms with van der Waals surface area (Å²) < 4.78 is 33.3. The van der Waals surface area contributed by atoms with Gasteiger partial charge in [0.25, 0.3) is 10.0 Å². The largest absolute Gasteiger partial charge is 0.477 e. The molecule has 1 heterocycles. The summed E-state index contributed by atoms with van der Waals surface area (Å²) in [6.45, 7) is 2.57. The molecule has 3 aromatic rings. The summed E-state index contributed by atoms with van der Waals surface area (Å²) >= 11 is 11.9. The molecular weight excluding hydrogens is 421 g/mol. The second kappa shape index (κ2) is 8.77. The van der Waals surface area contributed by atoms with Crippen LogP contribution in [-0.4, -0.2) is 25.2 Å². The molecule has 0 saturated carbocycles. The van der Waals surface area contributed by atoms with Crippen molar-refractivity contribution in [2.75, 3.05) is 11.3 Å². The van der Waals surface area contributed by atoms with Crippen LogP contribution in [0.3, 0.4) is 0 Å². The number of nitrogens with zero attached hydrogens (tertiary/aromatic N) is 2. The Morgan fingerprint density at radius 2 is 1.86 bits per heavy atom. The van der Waals surface area contributed by atoms with Crippen LogP contribution in [0.2, 0.25) is 10.0 Å². The van der Waals surface area contributed by atoms with Crippen molar-refractivity contribution < 1.29 is 13.2 Å². The lowest BCUT2D eigenvalue weighted by Gasteiger charge is -2.11. The summed E-state index contributed by atoms with van der Waals surface area (Å²) in [5, 5.41) is 8.52. The molecule has 0 aliphatic rings. The van der Waals surface area contributed by atoms with Gasteiger partial charge in [-0.3, -0.25) is 4.72 Å². The highest BCUT2D eigenvalue weighted by molar-refractivity contribution is 7.92. The molecule has 0 radical (unpaired) electrons. The molecule has 1 aromatic heterocycles. The fourth-order valence-electron chi connectivity index (χ4n) is 2.39. The highest BCUT2D eigenvalue weighted by Gasteiger charge is 2.19. The van der Waals surface area contributed by atoms with E-state index < -0.39 is 10.0 Å². The Hall–Kier alpha value is -2.35. The van der Waals surface area contributed by atoms with Crippen molar-refractivity contribution in [2.45, 2.75) is 18.2 Å². The van der Waals surface area contributed by atoms with Crippen LogP contribution in [0.1, 0.15) is 13.3 Å². The van der Waals surface area contributed by atoms with E-state index in [-0.39, 0.29) is 14.9 Å². The zero-order valence-electron chi connectivity index (χ0n) is 14.9. The average molecular weight is 438 g/mol. The molecular formula is C19H17Cl2N3O3S. The Labute approximate surface area is 173 Å². The van der Waals surface area contributed by atoms with Crippen molar-refractivity contribution >= 4 is 38.9 Å². The summed E-state index contributed by atoms with van der Waals surface area (Å²) in [7, 11) is -3.90. The van der Waals surface area contributed by atoms with E-state index in [4.69, 9.17) is 27.9 Å². The van der Waals surface area contributed by atoms with E-state index in [1.54, 1.807) is 36.4 Å². The molecule has 0 fully saturated rings. The number of hydrogen-bond acceptors (Lipinski definition) is 5. The summed E-state index contributed by atoms with van der Waals surface area (Å²) in [6, 6.07) is 14.6. The number of nitrogens with one attached hydrogen (secondary N) is 1. The monoisotopic (exact) mass is 437 g/mol. The first-order chi connectivity index (χ1) is 13.4. The number of ether oxygens (including phenoxy) is 1. The first kappa shape index (κ1) is 20.4. The fourth-order valence-corrected chi connectivity index (χ4v) is 4.21. The molecule has 0 atom stereocenters. The third kappa shape index (κ3) is 4.92. The van der Waals surface area contributed by atoms with Gasteiger partial charge >= 0.3 is 0 Å². The number of hydrogen-bond donors (Lipinski definition) is 1. The Balaban J connectivity index is 1.84. The van der Waals surface area contributed by atoms with Gasteiger partial charge in [0, 0.05) is 22.3 Å². The molecule has 28 heavy (non-hydrogen) atoms. The standard InChI is InChI=1S/C19H17Cl2N3O3S/c1-2-10-27-19-9-8-17(22-23-19)13-4-3-5-15(11-13)24-28(25,26)18-12-14(20)6-7-16(18)21/h3-9,11-12,24H,2,10H2,1H3. The van der Waals surface area contributed by atoms with Crippen molar-refractivity contribution in [3.8, 4) is 17.1 Å². The van der Waals surface area contributed by atoms with Crippen LogP contribution >= 0.6 is 23.2 Å². The van der Waals surface area contributed by atoms with Crippen molar-refractivity contribution in [1.82, 2.24) is 10.2 Å². The van der Waals surface area contributed by atoms with Crippen LogP contribution in [0.4, 0.5) is 5.69 Å². The number of rotatable bonds is 7. The van der Waals surface area contributed by atoms with Gasteiger partial charge < -0.3 is 4.74 Å². The second-order valence-electron chi connectivity index (χ2n) is 5.87. The number of aromatic nitrogens is 2. The van der Waals surface area contributed by atoms with Gasteiger partial charge in [-0.15, -0.1) is 10.2 Å². The molecule has 0 unspecified atom stereocenters. The van der Waals surface area contributed by atoms with Crippen molar-refractivity contribution in [3.63, 3.8) is 0 Å². The van der Waals surface area contributed by atoms with Crippen molar-refractivity contribution in [2.24, 2.45) is 0 Å². The zero-order chi connectivity index (χ0) is 20.1. The van der Waals surface area contributed by atoms with E-state index in [1.165, 1.54) is 18.2 Å². The van der Waals surface area contributed by atoms with Gasteiger partial charge in [0.15, 0.2) is 0 Å². The second-order valence-corrected chi connectivity index (χ2v) is 8.36. The summed E-state index contributed by atoms with van der Waals surface area (Å²) in [4.78, 5) is -0.0933. The van der Waals surface area contributed by atoms with Gasteiger partial charge in [-0.1, -0.05) is 42.3 Å². The predicted molar refractivity (Wildman–Crippen MR) is 111 cm³/mol. The maximum atomic E-state index is 12.7. The van der Waals surface area contributed by atoms with E-state index >= 15 is 0 Å². The number of benzene rings is 2. The maximum Gasteiger partial charge on any atom is 0.263 e. The van der Waals surface area contributed by atoms with Gasteiger partial charge in [0.2, 0.25) is 5.88 Å². The van der Waals surface area contributed by atoms with Crippen LogP contribution in [0.25, 0.3) is 11.3 Å². The topological polar surface area (TPSA) is 81.2 Å². The molecule has 6 nitrogen and oxygen atoms in total. The lowest BCUT2D eigenvalue weighted by Crippen LogP contribution is -2.13. The first-order valence-electron chi connectivity index (χ1n) is 8.44. The Morgan fingerprint density at radius 1 is 1.04 bits per heavy atom. The molecule has 0 aliphatic carbocycles. The lowest BCUT2D eigenvalue weighted by atomic mass is 10.1. The third-order valence-corrected chi connectivity index (χ3v) is 5.79. The minimum atomic E-state index is -3.90. The SMILES string of the molecule is CCCOc1ccc(-c2cccc(NS(=O)(=O)c3cc(Cl)ccc3Cl)c2)nn1. The smallest absolute Gasteiger partial charge is 0.263 e. The highest BCUT2D eigenvalue weighted by Crippen LogP contribution is 2.28. The first-order valence-corrected chi connectivity index (χ1v) is 10.7. The lowest BCUT2D eigenvalue weighted by molar-refractivity contribution is 0.302. The Bertz CT molecular complexity index is 1070. The normalized spacial score (nSPS) is 11.2. The van der Waals surface area contributed by atoms with E-state index in [2.05, 4.69) is 14.9 Å². The van der Waals surface area contributed by atoms with Gasteiger partial charge in [0.05, 0.1) is 17.3 Å². The third-order valence-electron chi connectivity index (χ3n) is 3.69. The molecule has 0 amide bonds. The molecule has 0 aliphatic heterocycles. The molecule has 146 valence electrons. The van der Waals surface area contributed by atoms with Crippen molar-refractivity contribution in [1.29, 1.82) is 0 Å².